The van der Waals surface area contributed by atoms with Crippen LogP contribution in [0.1, 0.15) is 19.3 Å². The number of anilines is 1. The van der Waals surface area contributed by atoms with Crippen LogP contribution in [-0.4, -0.2) is 55.7 Å². The molecule has 128 valence electrons. The molecule has 1 aliphatic carbocycles. The van der Waals surface area contributed by atoms with Crippen LogP contribution in [0.5, 0.6) is 5.75 Å². The predicted octanol–water partition coefficient (Wildman–Crippen LogP) is 1.44. The van der Waals surface area contributed by atoms with Crippen molar-refractivity contribution in [1.82, 2.24) is 4.90 Å². The van der Waals surface area contributed by atoms with E-state index in [2.05, 4.69) is 0 Å². The number of benzene rings is 1. The second-order valence-corrected chi connectivity index (χ2v) is 6.71. The molecule has 24 heavy (non-hydrogen) atoms. The van der Waals surface area contributed by atoms with Gasteiger partial charge in [-0.3, -0.25) is 9.59 Å². The average molecular weight is 330 g/mol. The summed E-state index contributed by atoms with van der Waals surface area (Å²) in [5.41, 5.74) is 0.759. The topological polar surface area (TPSA) is 59.1 Å². The minimum Gasteiger partial charge on any atom is -0.486 e. The third-order valence-corrected chi connectivity index (χ3v) is 4.99. The number of hydrogen-bond acceptors (Lipinski definition) is 4. The van der Waals surface area contributed by atoms with Crippen LogP contribution in [0, 0.1) is 5.92 Å². The van der Waals surface area contributed by atoms with E-state index < -0.39 is 6.04 Å². The Morgan fingerprint density at radius 3 is 2.88 bits per heavy atom. The number of likely N-dealkylation sites (tertiary alicyclic amines) is 1. The molecule has 0 radical (unpaired) electrons. The molecule has 2 bridgehead atoms. The van der Waals surface area contributed by atoms with E-state index in [9.17, 15) is 9.59 Å². The number of nitrogens with zero attached hydrogens (tertiary/aromatic N) is 2. The van der Waals surface area contributed by atoms with Gasteiger partial charge in [-0.25, -0.2) is 0 Å². The van der Waals surface area contributed by atoms with Crippen molar-refractivity contribution in [3.8, 4) is 5.75 Å². The monoisotopic (exact) mass is 330 g/mol. The quantitative estimate of drug-likeness (QED) is 0.838. The van der Waals surface area contributed by atoms with Gasteiger partial charge in [0.15, 0.2) is 0 Å². The van der Waals surface area contributed by atoms with Gasteiger partial charge in [0.2, 0.25) is 11.8 Å². The molecule has 0 spiro atoms. The van der Waals surface area contributed by atoms with Gasteiger partial charge in [0, 0.05) is 26.0 Å². The molecule has 1 aromatic rings. The highest BCUT2D eigenvalue weighted by atomic mass is 16.5. The zero-order valence-electron chi connectivity index (χ0n) is 13.8. The molecule has 1 saturated heterocycles. The summed E-state index contributed by atoms with van der Waals surface area (Å²) in [4.78, 5) is 29.2. The second kappa shape index (κ2) is 6.09. The summed E-state index contributed by atoms with van der Waals surface area (Å²) in [6, 6.07) is 7.15. The molecule has 0 unspecified atom stereocenters. The highest BCUT2D eigenvalue weighted by Gasteiger charge is 2.47. The Labute approximate surface area is 141 Å². The van der Waals surface area contributed by atoms with E-state index in [-0.39, 0.29) is 23.8 Å². The maximum Gasteiger partial charge on any atom is 0.250 e. The molecule has 6 heteroatoms. The number of methoxy groups -OCH3 is 1. The van der Waals surface area contributed by atoms with E-state index in [0.717, 1.165) is 18.5 Å². The van der Waals surface area contributed by atoms with E-state index in [0.29, 0.717) is 31.9 Å². The van der Waals surface area contributed by atoms with Crippen LogP contribution < -0.4 is 9.64 Å². The minimum atomic E-state index is -0.423. The van der Waals surface area contributed by atoms with Gasteiger partial charge in [-0.05, 0) is 25.0 Å². The minimum absolute atomic E-state index is 0.0284. The highest BCUT2D eigenvalue weighted by molar-refractivity contribution is 6.01. The van der Waals surface area contributed by atoms with Gasteiger partial charge in [0.05, 0.1) is 18.8 Å². The lowest BCUT2D eigenvalue weighted by Gasteiger charge is -2.31. The Kier molecular flexibility index (Phi) is 3.92. The molecule has 2 amide bonds. The van der Waals surface area contributed by atoms with Crippen LogP contribution in [0.15, 0.2) is 24.3 Å². The molecule has 2 atom stereocenters. The number of ether oxygens (including phenoxy) is 2. The number of hydrogen-bond donors (Lipinski definition) is 0. The third kappa shape index (κ3) is 2.65. The van der Waals surface area contributed by atoms with Gasteiger partial charge in [-0.15, -0.1) is 0 Å². The van der Waals surface area contributed by atoms with Crippen molar-refractivity contribution in [2.45, 2.75) is 31.4 Å². The molecule has 2 aliphatic heterocycles. The van der Waals surface area contributed by atoms with Gasteiger partial charge >= 0.3 is 0 Å². The lowest BCUT2D eigenvalue weighted by atomic mass is 10.1. The first kappa shape index (κ1) is 15.4. The summed E-state index contributed by atoms with van der Waals surface area (Å²) < 4.78 is 11.3. The fraction of sp³-hybridized carbons (Fsp3) is 0.556. The fourth-order valence-electron chi connectivity index (χ4n) is 3.60. The van der Waals surface area contributed by atoms with Crippen LogP contribution in [0.25, 0.3) is 0 Å². The first-order chi connectivity index (χ1) is 11.7. The number of carbonyl (C=O) groups is 2. The molecule has 2 heterocycles. The zero-order valence-corrected chi connectivity index (χ0v) is 13.8. The standard InChI is InChI=1S/C18H22N2O4/c1-23-9-8-19-14-4-2-3-5-16(14)24-13-10-15(18(19)22)20(11-13)17(21)12-6-7-12/h2-5,12-13,15H,6-11H2,1H3/t13-,15-/m0/s1. The third-order valence-electron chi connectivity index (χ3n) is 4.99. The number of amides is 2. The Morgan fingerprint density at radius 1 is 1.33 bits per heavy atom. The van der Waals surface area contributed by atoms with E-state index in [1.54, 1.807) is 16.9 Å². The SMILES string of the molecule is COCCN1C(=O)[C@@H]2C[C@@H](CN2C(=O)C2CC2)Oc2ccccc21. The van der Waals surface area contributed by atoms with Crippen molar-refractivity contribution in [3.05, 3.63) is 24.3 Å². The molecule has 6 nitrogen and oxygen atoms in total. The van der Waals surface area contributed by atoms with Crippen LogP contribution in [0.3, 0.4) is 0 Å². The highest BCUT2D eigenvalue weighted by Crippen LogP contribution is 2.39. The van der Waals surface area contributed by atoms with Crippen molar-refractivity contribution in [2.24, 2.45) is 5.92 Å². The van der Waals surface area contributed by atoms with Crippen molar-refractivity contribution < 1.29 is 19.1 Å². The zero-order chi connectivity index (χ0) is 16.7. The van der Waals surface area contributed by atoms with Crippen molar-refractivity contribution in [2.75, 3.05) is 31.7 Å². The van der Waals surface area contributed by atoms with Crippen molar-refractivity contribution in [1.29, 1.82) is 0 Å². The van der Waals surface area contributed by atoms with E-state index >= 15 is 0 Å². The predicted molar refractivity (Wildman–Crippen MR) is 87.9 cm³/mol. The normalized spacial score (nSPS) is 25.8. The smallest absolute Gasteiger partial charge is 0.250 e. The molecule has 3 aliphatic rings. The summed E-state index contributed by atoms with van der Waals surface area (Å²) in [5.74, 6) is 0.886. The van der Waals surface area contributed by atoms with Crippen LogP contribution in [0.2, 0.25) is 0 Å². The fourth-order valence-corrected chi connectivity index (χ4v) is 3.60. The summed E-state index contributed by atoms with van der Waals surface area (Å²) in [6.07, 6.45) is 2.33. The number of fused-ring (bicyclic) bond motifs is 3. The van der Waals surface area contributed by atoms with Crippen molar-refractivity contribution in [3.63, 3.8) is 0 Å². The summed E-state index contributed by atoms with van der Waals surface area (Å²) in [6.45, 7) is 1.38. The number of carbonyl (C=O) groups excluding carboxylic acids is 2. The second-order valence-electron chi connectivity index (χ2n) is 6.71. The van der Waals surface area contributed by atoms with Crippen LogP contribution in [0.4, 0.5) is 5.69 Å². The van der Waals surface area contributed by atoms with Crippen LogP contribution in [-0.2, 0) is 14.3 Å². The van der Waals surface area contributed by atoms with Gasteiger partial charge in [-0.2, -0.15) is 0 Å². The maximum atomic E-state index is 13.2. The van der Waals surface area contributed by atoms with Crippen molar-refractivity contribution >= 4 is 17.5 Å². The molecule has 1 saturated carbocycles. The van der Waals surface area contributed by atoms with E-state index in [1.807, 2.05) is 24.3 Å². The molecule has 4 rings (SSSR count). The molecule has 2 fully saturated rings. The summed E-state index contributed by atoms with van der Waals surface area (Å²) in [7, 11) is 1.62. The number of para-hydroxylation sites is 2. The molecule has 1 aromatic carbocycles. The summed E-state index contributed by atoms with van der Waals surface area (Å²) in [5, 5.41) is 0. The Bertz CT molecular complexity index is 658. The number of rotatable bonds is 4. The largest absolute Gasteiger partial charge is 0.486 e. The lowest BCUT2D eigenvalue weighted by Crippen LogP contribution is -2.49. The van der Waals surface area contributed by atoms with E-state index in [4.69, 9.17) is 9.47 Å². The average Bonchev–Trinajstić information content (AvgIpc) is 3.34. The van der Waals surface area contributed by atoms with Gasteiger partial charge in [0.1, 0.15) is 17.9 Å². The first-order valence-corrected chi connectivity index (χ1v) is 8.55. The lowest BCUT2D eigenvalue weighted by molar-refractivity contribution is -0.138. The molecular formula is C18H22N2O4. The Morgan fingerprint density at radius 2 is 2.12 bits per heavy atom. The Hall–Kier alpha value is -2.08. The first-order valence-electron chi connectivity index (χ1n) is 8.55. The van der Waals surface area contributed by atoms with Gasteiger partial charge in [0.25, 0.3) is 0 Å². The summed E-state index contributed by atoms with van der Waals surface area (Å²) >= 11 is 0. The molecular weight excluding hydrogens is 308 g/mol. The Balaban J connectivity index is 1.68. The van der Waals surface area contributed by atoms with Crippen LogP contribution >= 0.6 is 0 Å². The molecule has 0 aromatic heterocycles. The molecule has 0 N–H and O–H groups in total. The maximum absolute atomic E-state index is 13.2. The van der Waals surface area contributed by atoms with Gasteiger partial charge in [-0.1, -0.05) is 12.1 Å². The van der Waals surface area contributed by atoms with E-state index in [1.165, 1.54) is 0 Å². The van der Waals surface area contributed by atoms with Gasteiger partial charge < -0.3 is 19.3 Å².